The highest BCUT2D eigenvalue weighted by atomic mass is 14.1. The van der Waals surface area contributed by atoms with E-state index in [2.05, 4.69) is 76.0 Å². The average molecular weight is 335 g/mol. The maximum atomic E-state index is 4.03. The van der Waals surface area contributed by atoms with Crippen LogP contribution < -0.4 is 0 Å². The Labute approximate surface area is 154 Å². The van der Waals surface area contributed by atoms with E-state index in [0.717, 1.165) is 6.42 Å². The van der Waals surface area contributed by atoms with Crippen LogP contribution in [0.25, 0.3) is 27.6 Å². The highest BCUT2D eigenvalue weighted by Crippen LogP contribution is 2.34. The quantitative estimate of drug-likeness (QED) is 0.326. The molecule has 0 bridgehead atoms. The first-order valence-electron chi connectivity index (χ1n) is 9.32. The van der Waals surface area contributed by atoms with Gasteiger partial charge in [-0.3, -0.25) is 0 Å². The van der Waals surface area contributed by atoms with Crippen LogP contribution in [0.4, 0.5) is 0 Å². The Morgan fingerprint density at radius 3 is 1.84 bits per heavy atom. The molecule has 0 N–H and O–H groups in total. The van der Waals surface area contributed by atoms with Crippen molar-refractivity contribution in [3.63, 3.8) is 0 Å². The standard InChI is InChI=1S/C19H18.2C2H6.C2H4/c1-4-14-15(5-2)19-12-13(3)10-11-18(19)17-9-7-6-8-16(14)17;3*1-2/h5-12H,2,4H2,1,3H3;2*1-2H3;1-2H2. The zero-order valence-corrected chi connectivity index (χ0v) is 16.9. The third-order valence-corrected chi connectivity index (χ3v) is 3.89. The first kappa shape index (κ1) is 22.7. The predicted molar refractivity (Wildman–Crippen MR) is 120 cm³/mol. The third-order valence-electron chi connectivity index (χ3n) is 3.89. The summed E-state index contributed by atoms with van der Waals surface area (Å²) in [6, 6.07) is 15.4. The number of hydrogen-bond donors (Lipinski definition) is 0. The van der Waals surface area contributed by atoms with Gasteiger partial charge in [-0.15, -0.1) is 13.2 Å². The van der Waals surface area contributed by atoms with E-state index in [-0.39, 0.29) is 0 Å². The Morgan fingerprint density at radius 2 is 1.32 bits per heavy atom. The number of hydrogen-bond acceptors (Lipinski definition) is 0. The largest absolute Gasteiger partial charge is 0.106 e. The van der Waals surface area contributed by atoms with E-state index >= 15 is 0 Å². The summed E-state index contributed by atoms with van der Waals surface area (Å²) in [7, 11) is 0. The number of benzene rings is 3. The van der Waals surface area contributed by atoms with Crippen molar-refractivity contribution in [2.24, 2.45) is 0 Å². The van der Waals surface area contributed by atoms with Gasteiger partial charge in [-0.1, -0.05) is 95.3 Å². The Kier molecular flexibility index (Phi) is 11.0. The summed E-state index contributed by atoms with van der Waals surface area (Å²) < 4.78 is 0. The fraction of sp³-hybridized carbons (Fsp3) is 0.280. The Hall–Kier alpha value is -2.34. The van der Waals surface area contributed by atoms with Gasteiger partial charge in [-0.2, -0.15) is 0 Å². The lowest BCUT2D eigenvalue weighted by Crippen LogP contribution is -1.92. The van der Waals surface area contributed by atoms with Crippen molar-refractivity contribution in [2.45, 2.75) is 48.0 Å². The summed E-state index contributed by atoms with van der Waals surface area (Å²) in [5, 5.41) is 5.36. The first-order chi connectivity index (χ1) is 12.3. The van der Waals surface area contributed by atoms with Gasteiger partial charge in [0.15, 0.2) is 0 Å². The molecule has 0 aromatic heterocycles. The fourth-order valence-electron chi connectivity index (χ4n) is 3.02. The molecule has 0 spiro atoms. The van der Waals surface area contributed by atoms with Gasteiger partial charge in [0.05, 0.1) is 0 Å². The molecule has 0 radical (unpaired) electrons. The van der Waals surface area contributed by atoms with E-state index in [4.69, 9.17) is 0 Å². The van der Waals surface area contributed by atoms with E-state index < -0.39 is 0 Å². The molecule has 0 heterocycles. The second-order valence-electron chi connectivity index (χ2n) is 5.04. The molecular weight excluding hydrogens is 300 g/mol. The van der Waals surface area contributed by atoms with Gasteiger partial charge in [-0.05, 0) is 46.0 Å². The smallest absolute Gasteiger partial charge is 0.00990 e. The monoisotopic (exact) mass is 334 g/mol. The van der Waals surface area contributed by atoms with Gasteiger partial charge in [0.2, 0.25) is 0 Å². The second-order valence-corrected chi connectivity index (χ2v) is 5.04. The molecule has 0 saturated heterocycles. The van der Waals surface area contributed by atoms with Gasteiger partial charge >= 0.3 is 0 Å². The molecule has 0 heteroatoms. The Bertz CT molecular complexity index is 794. The SMILES string of the molecule is C=C.C=Cc1c(CC)c2ccccc2c2ccc(C)cc12.CC.CC. The molecular formula is C25H34. The lowest BCUT2D eigenvalue weighted by Gasteiger charge is -2.14. The molecule has 0 nitrogen and oxygen atoms in total. The topological polar surface area (TPSA) is 0 Å². The molecule has 0 amide bonds. The lowest BCUT2D eigenvalue weighted by atomic mass is 9.90. The summed E-state index contributed by atoms with van der Waals surface area (Å²) in [4.78, 5) is 0. The van der Waals surface area contributed by atoms with Crippen LogP contribution >= 0.6 is 0 Å². The van der Waals surface area contributed by atoms with Crippen molar-refractivity contribution < 1.29 is 0 Å². The van der Waals surface area contributed by atoms with Crippen molar-refractivity contribution in [3.05, 3.63) is 78.9 Å². The molecule has 3 rings (SSSR count). The molecule has 0 saturated carbocycles. The molecule has 0 aliphatic carbocycles. The van der Waals surface area contributed by atoms with Crippen LogP contribution in [0.15, 0.2) is 62.2 Å². The normalized spacial score (nSPS) is 9.04. The summed E-state index contributed by atoms with van der Waals surface area (Å²) in [6.07, 6.45) is 3.04. The summed E-state index contributed by atoms with van der Waals surface area (Å²) in [5.74, 6) is 0. The van der Waals surface area contributed by atoms with E-state index in [0.29, 0.717) is 0 Å². The number of aryl methyl sites for hydroxylation is 2. The van der Waals surface area contributed by atoms with Crippen molar-refractivity contribution in [2.75, 3.05) is 0 Å². The summed E-state index contributed by atoms with van der Waals surface area (Å²) in [5.41, 5.74) is 4.00. The molecule has 134 valence electrons. The first-order valence-corrected chi connectivity index (χ1v) is 9.32. The van der Waals surface area contributed by atoms with Crippen LogP contribution in [-0.4, -0.2) is 0 Å². The van der Waals surface area contributed by atoms with Gasteiger partial charge in [0.1, 0.15) is 0 Å². The van der Waals surface area contributed by atoms with Crippen molar-refractivity contribution in [1.29, 1.82) is 0 Å². The minimum Gasteiger partial charge on any atom is -0.106 e. The molecule has 0 atom stereocenters. The van der Waals surface area contributed by atoms with E-state index in [1.165, 1.54) is 38.2 Å². The van der Waals surface area contributed by atoms with Crippen LogP contribution in [0.2, 0.25) is 0 Å². The van der Waals surface area contributed by atoms with Gasteiger partial charge in [0.25, 0.3) is 0 Å². The third kappa shape index (κ3) is 4.82. The molecule has 25 heavy (non-hydrogen) atoms. The molecule has 0 aliphatic heterocycles. The molecule has 3 aromatic carbocycles. The van der Waals surface area contributed by atoms with Gasteiger partial charge < -0.3 is 0 Å². The molecule has 0 fully saturated rings. The fourth-order valence-corrected chi connectivity index (χ4v) is 3.02. The lowest BCUT2D eigenvalue weighted by molar-refractivity contribution is 1.16. The summed E-state index contributed by atoms with van der Waals surface area (Å²) in [6.45, 7) is 22.4. The van der Waals surface area contributed by atoms with Crippen LogP contribution in [0.1, 0.15) is 51.3 Å². The number of fused-ring (bicyclic) bond motifs is 3. The summed E-state index contributed by atoms with van der Waals surface area (Å²) >= 11 is 0. The average Bonchev–Trinajstić information content (AvgIpc) is 2.71. The van der Waals surface area contributed by atoms with Crippen LogP contribution in [0, 0.1) is 6.92 Å². The molecule has 0 aliphatic rings. The van der Waals surface area contributed by atoms with E-state index in [1.54, 1.807) is 0 Å². The Morgan fingerprint density at radius 1 is 0.800 bits per heavy atom. The molecule has 0 unspecified atom stereocenters. The van der Waals surface area contributed by atoms with Crippen molar-refractivity contribution in [3.8, 4) is 0 Å². The van der Waals surface area contributed by atoms with E-state index in [9.17, 15) is 0 Å². The highest BCUT2D eigenvalue weighted by Gasteiger charge is 2.10. The van der Waals surface area contributed by atoms with Crippen LogP contribution in [-0.2, 0) is 6.42 Å². The van der Waals surface area contributed by atoms with Crippen LogP contribution in [0.5, 0.6) is 0 Å². The predicted octanol–water partition coefficient (Wildman–Crippen LogP) is 8.36. The zero-order chi connectivity index (χ0) is 19.4. The van der Waals surface area contributed by atoms with Crippen molar-refractivity contribution >= 4 is 27.6 Å². The zero-order valence-electron chi connectivity index (χ0n) is 16.9. The maximum absolute atomic E-state index is 4.03. The second kappa shape index (κ2) is 12.1. The van der Waals surface area contributed by atoms with Gasteiger partial charge in [-0.25, -0.2) is 0 Å². The minimum atomic E-state index is 1.03. The molecule has 3 aromatic rings. The number of rotatable bonds is 2. The van der Waals surface area contributed by atoms with E-state index in [1.807, 2.05) is 33.8 Å². The maximum Gasteiger partial charge on any atom is -0.00990 e. The highest BCUT2D eigenvalue weighted by molar-refractivity contribution is 6.12. The van der Waals surface area contributed by atoms with Crippen molar-refractivity contribution in [1.82, 2.24) is 0 Å². The minimum absolute atomic E-state index is 1.03. The van der Waals surface area contributed by atoms with Crippen LogP contribution in [0.3, 0.4) is 0 Å². The Balaban J connectivity index is 0.000000871. The van der Waals surface area contributed by atoms with Gasteiger partial charge in [0, 0.05) is 0 Å².